The minimum atomic E-state index is -4.59. The smallest absolute Gasteiger partial charge is 0.420 e. The average molecular weight is 463 g/mol. The second-order valence-corrected chi connectivity index (χ2v) is 8.00. The number of rotatable bonds is 3. The van der Waals surface area contributed by atoms with Gasteiger partial charge in [-0.2, -0.15) is 13.2 Å². The van der Waals surface area contributed by atoms with Crippen LogP contribution in [0.1, 0.15) is 11.1 Å². The number of carbonyl (C=O) groups excluding carboxylic acids is 1. The maximum absolute atomic E-state index is 13.5. The van der Waals surface area contributed by atoms with Crippen LogP contribution < -0.4 is 15.0 Å². The molecule has 1 aromatic heterocycles. The molecule has 0 fully saturated rings. The zero-order chi connectivity index (χ0) is 23.9. The van der Waals surface area contributed by atoms with Crippen LogP contribution in [0.2, 0.25) is 0 Å². The van der Waals surface area contributed by atoms with Crippen LogP contribution in [-0.4, -0.2) is 24.7 Å². The molecule has 0 atom stereocenters. The number of aromatic nitrogens is 1. The number of hydrogen-bond donors (Lipinski definition) is 1. The van der Waals surface area contributed by atoms with Gasteiger partial charge in [0, 0.05) is 41.3 Å². The number of anilines is 2. The van der Waals surface area contributed by atoms with Crippen molar-refractivity contribution >= 4 is 28.2 Å². The molecule has 0 saturated carbocycles. The van der Waals surface area contributed by atoms with Gasteiger partial charge in [-0.3, -0.25) is 9.88 Å². The number of halogens is 3. The van der Waals surface area contributed by atoms with E-state index in [9.17, 15) is 18.0 Å². The minimum Gasteiger partial charge on any atom is -0.496 e. The van der Waals surface area contributed by atoms with Gasteiger partial charge in [-0.15, -0.1) is 0 Å². The molecule has 172 valence electrons. The van der Waals surface area contributed by atoms with E-state index in [1.807, 2.05) is 42.5 Å². The largest absolute Gasteiger partial charge is 0.496 e. The summed E-state index contributed by atoms with van der Waals surface area (Å²) in [6, 6.07) is 17.0. The van der Waals surface area contributed by atoms with E-state index in [4.69, 9.17) is 4.74 Å². The summed E-state index contributed by atoms with van der Waals surface area (Å²) in [5, 5.41) is 4.85. The molecule has 3 aromatic carbocycles. The summed E-state index contributed by atoms with van der Waals surface area (Å²) >= 11 is 0. The van der Waals surface area contributed by atoms with E-state index in [-0.39, 0.29) is 18.0 Å². The highest BCUT2D eigenvalue weighted by Gasteiger charge is 2.37. The summed E-state index contributed by atoms with van der Waals surface area (Å²) in [5.41, 5.74) is 2.29. The van der Waals surface area contributed by atoms with E-state index in [2.05, 4.69) is 10.3 Å². The summed E-state index contributed by atoms with van der Waals surface area (Å²) in [7, 11) is 1.20. The first-order valence-corrected chi connectivity index (χ1v) is 10.6. The molecule has 0 radical (unpaired) electrons. The molecule has 0 saturated heterocycles. The van der Waals surface area contributed by atoms with Crippen LogP contribution in [0.5, 0.6) is 5.75 Å². The number of pyridine rings is 1. The van der Waals surface area contributed by atoms with Gasteiger partial charge < -0.3 is 10.1 Å². The Bertz CT molecular complexity index is 1400. The molecule has 34 heavy (non-hydrogen) atoms. The zero-order valence-electron chi connectivity index (χ0n) is 18.2. The number of fused-ring (bicyclic) bond motifs is 2. The number of nitrogens with one attached hydrogen (secondary N) is 1. The zero-order valence-corrected chi connectivity index (χ0v) is 18.2. The number of benzene rings is 3. The van der Waals surface area contributed by atoms with Gasteiger partial charge in [-0.05, 0) is 47.2 Å². The van der Waals surface area contributed by atoms with Crippen molar-refractivity contribution in [1.29, 1.82) is 0 Å². The third-order valence-corrected chi connectivity index (χ3v) is 5.94. The molecule has 8 heteroatoms. The first-order chi connectivity index (χ1) is 16.3. The average Bonchev–Trinajstić information content (AvgIpc) is 3.25. The fraction of sp³-hybridized carbons (Fsp3) is 0.154. The fourth-order valence-corrected chi connectivity index (χ4v) is 4.32. The van der Waals surface area contributed by atoms with Crippen molar-refractivity contribution in [2.45, 2.75) is 12.6 Å². The van der Waals surface area contributed by atoms with Crippen molar-refractivity contribution in [1.82, 2.24) is 4.98 Å². The van der Waals surface area contributed by atoms with Gasteiger partial charge in [-0.1, -0.05) is 36.4 Å². The van der Waals surface area contributed by atoms with Crippen LogP contribution in [0, 0.1) is 0 Å². The molecule has 1 aliphatic heterocycles. The van der Waals surface area contributed by atoms with Gasteiger partial charge in [0.1, 0.15) is 5.75 Å². The summed E-state index contributed by atoms with van der Waals surface area (Å²) in [5.74, 6) is -0.245. The predicted molar refractivity (Wildman–Crippen MR) is 125 cm³/mol. The van der Waals surface area contributed by atoms with E-state index >= 15 is 0 Å². The predicted octanol–water partition coefficient (Wildman–Crippen LogP) is 6.52. The number of carbonyl (C=O) groups is 1. The third-order valence-electron chi connectivity index (χ3n) is 5.94. The standard InChI is InChI=1S/C26H20F3N3O2/c1-34-24-12-17-9-10-32(23(17)13-22(24)26(27,28)29)25(33)31-19-7-4-6-16(11-19)21-15-30-14-18-5-2-3-8-20(18)21/h2-8,11-15H,9-10H2,1H3,(H,31,33). The topological polar surface area (TPSA) is 54.5 Å². The number of amides is 2. The highest BCUT2D eigenvalue weighted by molar-refractivity contribution is 6.04. The molecule has 0 unspecified atom stereocenters. The second kappa shape index (κ2) is 8.37. The van der Waals surface area contributed by atoms with Gasteiger partial charge >= 0.3 is 12.2 Å². The highest BCUT2D eigenvalue weighted by atomic mass is 19.4. The lowest BCUT2D eigenvalue weighted by Crippen LogP contribution is -2.33. The van der Waals surface area contributed by atoms with Crippen molar-refractivity contribution < 1.29 is 22.7 Å². The minimum absolute atomic E-state index is 0.236. The Balaban J connectivity index is 1.44. The number of ether oxygens (including phenoxy) is 1. The highest BCUT2D eigenvalue weighted by Crippen LogP contribution is 2.42. The Morgan fingerprint density at radius 2 is 1.88 bits per heavy atom. The third kappa shape index (κ3) is 3.91. The van der Waals surface area contributed by atoms with Crippen LogP contribution in [0.25, 0.3) is 21.9 Å². The monoisotopic (exact) mass is 463 g/mol. The van der Waals surface area contributed by atoms with Crippen molar-refractivity contribution in [3.63, 3.8) is 0 Å². The van der Waals surface area contributed by atoms with Crippen molar-refractivity contribution in [3.05, 3.63) is 84.2 Å². The first kappa shape index (κ1) is 21.8. The Morgan fingerprint density at radius 3 is 2.68 bits per heavy atom. The lowest BCUT2D eigenvalue weighted by atomic mass is 10.0. The number of urea groups is 1. The summed E-state index contributed by atoms with van der Waals surface area (Å²) in [6.45, 7) is 0.276. The SMILES string of the molecule is COc1cc2c(cc1C(F)(F)F)N(C(=O)Nc1cccc(-c3cncc4ccccc34)c1)CC2. The molecule has 1 aliphatic rings. The van der Waals surface area contributed by atoms with E-state index in [1.54, 1.807) is 18.5 Å². The summed E-state index contributed by atoms with van der Waals surface area (Å²) < 4.78 is 45.4. The molecule has 2 heterocycles. The Morgan fingerprint density at radius 1 is 1.06 bits per heavy atom. The van der Waals surface area contributed by atoms with Crippen molar-refractivity contribution in [2.75, 3.05) is 23.9 Å². The molecular formula is C26H20F3N3O2. The number of methoxy groups -OCH3 is 1. The number of alkyl halides is 3. The van der Waals surface area contributed by atoms with Crippen LogP contribution in [0.3, 0.4) is 0 Å². The van der Waals surface area contributed by atoms with Crippen LogP contribution in [-0.2, 0) is 12.6 Å². The maximum Gasteiger partial charge on any atom is 0.420 e. The second-order valence-electron chi connectivity index (χ2n) is 8.00. The molecule has 2 amide bonds. The Hall–Kier alpha value is -4.07. The van der Waals surface area contributed by atoms with Crippen LogP contribution in [0.4, 0.5) is 29.3 Å². The van der Waals surface area contributed by atoms with Gasteiger partial charge in [0.25, 0.3) is 0 Å². The number of hydrogen-bond acceptors (Lipinski definition) is 3. The Labute approximate surface area is 193 Å². The molecular weight excluding hydrogens is 443 g/mol. The summed E-state index contributed by atoms with van der Waals surface area (Å²) in [4.78, 5) is 18.7. The van der Waals surface area contributed by atoms with Gasteiger partial charge in [-0.25, -0.2) is 4.79 Å². The van der Waals surface area contributed by atoms with Crippen molar-refractivity contribution in [3.8, 4) is 16.9 Å². The molecule has 5 nitrogen and oxygen atoms in total. The van der Waals surface area contributed by atoms with Crippen molar-refractivity contribution in [2.24, 2.45) is 0 Å². The van der Waals surface area contributed by atoms with E-state index in [1.165, 1.54) is 18.1 Å². The lowest BCUT2D eigenvalue weighted by molar-refractivity contribution is -0.138. The van der Waals surface area contributed by atoms with Crippen LogP contribution in [0.15, 0.2) is 73.1 Å². The first-order valence-electron chi connectivity index (χ1n) is 10.6. The quantitative estimate of drug-likeness (QED) is 0.376. The van der Waals surface area contributed by atoms with Gasteiger partial charge in [0.05, 0.1) is 12.7 Å². The normalized spacial score (nSPS) is 13.1. The van der Waals surface area contributed by atoms with E-state index in [0.29, 0.717) is 17.7 Å². The van der Waals surface area contributed by atoms with Crippen LogP contribution >= 0.6 is 0 Å². The molecule has 1 N–H and O–H groups in total. The molecule has 0 aliphatic carbocycles. The Kier molecular flexibility index (Phi) is 5.36. The van der Waals surface area contributed by atoms with E-state index in [0.717, 1.165) is 28.0 Å². The van der Waals surface area contributed by atoms with Gasteiger partial charge in [0.15, 0.2) is 0 Å². The lowest BCUT2D eigenvalue weighted by Gasteiger charge is -2.20. The summed E-state index contributed by atoms with van der Waals surface area (Å²) in [6.07, 6.45) is -0.587. The van der Waals surface area contributed by atoms with E-state index < -0.39 is 17.8 Å². The molecule has 0 spiro atoms. The van der Waals surface area contributed by atoms with Gasteiger partial charge in [0.2, 0.25) is 0 Å². The fourth-order valence-electron chi connectivity index (χ4n) is 4.32. The number of nitrogens with zero attached hydrogens (tertiary/aromatic N) is 2. The maximum atomic E-state index is 13.5. The molecule has 5 rings (SSSR count). The molecule has 0 bridgehead atoms. The molecule has 4 aromatic rings.